The molecular formula is C53H35N3. The van der Waals surface area contributed by atoms with E-state index in [2.05, 4.69) is 217 Å². The predicted molar refractivity (Wildman–Crippen MR) is 230 cm³/mol. The Morgan fingerprint density at radius 3 is 1.46 bits per heavy atom. The second-order valence-electron chi connectivity index (χ2n) is 14.5. The van der Waals surface area contributed by atoms with E-state index in [4.69, 9.17) is 9.97 Å². The Morgan fingerprint density at radius 1 is 0.375 bits per heavy atom. The summed E-state index contributed by atoms with van der Waals surface area (Å²) in [4.78, 5) is 11.0. The van der Waals surface area contributed by atoms with Crippen LogP contribution in [0.1, 0.15) is 22.4 Å². The Morgan fingerprint density at radius 2 is 0.857 bits per heavy atom. The first-order chi connectivity index (χ1) is 27.8. The highest BCUT2D eigenvalue weighted by molar-refractivity contribution is 6.09. The molecule has 8 aromatic carbocycles. The number of hydrogen-bond acceptors (Lipinski definition) is 2. The van der Waals surface area contributed by atoms with Gasteiger partial charge in [-0.2, -0.15) is 0 Å². The minimum absolute atomic E-state index is 0.631. The van der Waals surface area contributed by atoms with Gasteiger partial charge in [-0.3, -0.25) is 0 Å². The van der Waals surface area contributed by atoms with Crippen molar-refractivity contribution in [3.05, 3.63) is 235 Å². The molecule has 1 aliphatic rings. The number of aromatic nitrogens is 3. The highest BCUT2D eigenvalue weighted by Gasteiger charge is 2.49. The van der Waals surface area contributed by atoms with E-state index in [1.165, 1.54) is 44.1 Å². The Hall–Kier alpha value is -7.36. The number of benzene rings is 8. The molecule has 0 N–H and O–H groups in total. The summed E-state index contributed by atoms with van der Waals surface area (Å²) in [6.45, 7) is 0. The van der Waals surface area contributed by atoms with Crippen LogP contribution in [0.15, 0.2) is 212 Å². The van der Waals surface area contributed by atoms with Crippen LogP contribution in [0.25, 0.3) is 72.4 Å². The zero-order chi connectivity index (χ0) is 37.1. The zero-order valence-corrected chi connectivity index (χ0v) is 30.5. The second kappa shape index (κ2) is 12.9. The number of fused-ring (bicyclic) bond motifs is 6. The highest BCUT2D eigenvalue weighted by Crippen LogP contribution is 2.57. The van der Waals surface area contributed by atoms with E-state index < -0.39 is 5.41 Å². The summed E-state index contributed by atoms with van der Waals surface area (Å²) in [5, 5.41) is 2.53. The maximum atomic E-state index is 5.61. The summed E-state index contributed by atoms with van der Waals surface area (Å²) < 4.78 is 2.36. The maximum absolute atomic E-state index is 5.61. The Bertz CT molecular complexity index is 2950. The van der Waals surface area contributed by atoms with E-state index >= 15 is 0 Å². The number of hydrogen-bond donors (Lipinski definition) is 0. The van der Waals surface area contributed by atoms with Crippen LogP contribution in [0.5, 0.6) is 0 Å². The van der Waals surface area contributed by atoms with E-state index in [-0.39, 0.29) is 0 Å². The first-order valence-corrected chi connectivity index (χ1v) is 19.2. The minimum Gasteiger partial charge on any atom is -0.309 e. The fourth-order valence-electron chi connectivity index (χ4n) is 9.02. The lowest BCUT2D eigenvalue weighted by molar-refractivity contribution is 0.736. The van der Waals surface area contributed by atoms with Gasteiger partial charge in [0.2, 0.25) is 0 Å². The SMILES string of the molecule is c1ccc(-c2nc(-c3ccc(-c4ccc(-n5c6ccccc6c6ccccc65)cc4)cc3)nc3c2-c2ccccc2C3(c2ccccc2)c2ccccc2)cc1. The largest absolute Gasteiger partial charge is 0.309 e. The fraction of sp³-hybridized carbons (Fsp3) is 0.0189. The summed E-state index contributed by atoms with van der Waals surface area (Å²) in [5.74, 6) is 0.708. The summed E-state index contributed by atoms with van der Waals surface area (Å²) in [6.07, 6.45) is 0. The van der Waals surface area contributed by atoms with Crippen molar-refractivity contribution in [3.8, 4) is 50.6 Å². The lowest BCUT2D eigenvalue weighted by Gasteiger charge is -2.33. The van der Waals surface area contributed by atoms with E-state index in [0.717, 1.165) is 44.9 Å². The molecule has 262 valence electrons. The lowest BCUT2D eigenvalue weighted by atomic mass is 9.69. The molecule has 0 bridgehead atoms. The summed E-state index contributed by atoms with van der Waals surface area (Å²) in [5.41, 5.74) is 15.1. The van der Waals surface area contributed by atoms with Crippen LogP contribution >= 0.6 is 0 Å². The monoisotopic (exact) mass is 713 g/mol. The molecule has 0 atom stereocenters. The molecule has 0 saturated carbocycles. The lowest BCUT2D eigenvalue weighted by Crippen LogP contribution is -2.30. The van der Waals surface area contributed by atoms with Gasteiger partial charge < -0.3 is 4.57 Å². The molecule has 11 rings (SSSR count). The third kappa shape index (κ3) is 4.84. The number of rotatable bonds is 6. The molecule has 3 nitrogen and oxygen atoms in total. The average Bonchev–Trinajstić information content (AvgIpc) is 3.78. The standard InChI is InChI=1S/C53H35N3/c1-4-16-38(17-5-1)50-49-45-24-10-13-25-46(45)53(40-18-6-2-7-19-40,41-20-8-3-9-21-41)51(49)55-52(54-50)39-30-28-36(29-31-39)37-32-34-42(35-33-37)56-47-26-14-11-22-43(47)44-23-12-15-27-48(44)56/h1-35H. The summed E-state index contributed by atoms with van der Waals surface area (Å²) >= 11 is 0. The third-order valence-electron chi connectivity index (χ3n) is 11.5. The highest BCUT2D eigenvalue weighted by atomic mass is 15.0. The molecule has 3 heteroatoms. The molecule has 0 unspecified atom stereocenters. The van der Waals surface area contributed by atoms with Gasteiger partial charge >= 0.3 is 0 Å². The van der Waals surface area contributed by atoms with Crippen molar-refractivity contribution in [2.45, 2.75) is 5.41 Å². The van der Waals surface area contributed by atoms with Crippen LogP contribution in [0.3, 0.4) is 0 Å². The molecule has 1 aliphatic carbocycles. The van der Waals surface area contributed by atoms with E-state index in [0.29, 0.717) is 5.82 Å². The van der Waals surface area contributed by atoms with Crippen molar-refractivity contribution in [2.75, 3.05) is 0 Å². The van der Waals surface area contributed by atoms with Gasteiger partial charge in [0, 0.05) is 33.2 Å². The number of nitrogens with zero attached hydrogens (tertiary/aromatic N) is 3. The van der Waals surface area contributed by atoms with Gasteiger partial charge in [-0.25, -0.2) is 9.97 Å². The van der Waals surface area contributed by atoms with Crippen molar-refractivity contribution in [1.82, 2.24) is 14.5 Å². The van der Waals surface area contributed by atoms with Crippen molar-refractivity contribution < 1.29 is 0 Å². The van der Waals surface area contributed by atoms with Crippen LogP contribution in [0.2, 0.25) is 0 Å². The van der Waals surface area contributed by atoms with Gasteiger partial charge in [0.25, 0.3) is 0 Å². The van der Waals surface area contributed by atoms with Crippen LogP contribution in [0.4, 0.5) is 0 Å². The van der Waals surface area contributed by atoms with Gasteiger partial charge in [-0.15, -0.1) is 0 Å². The first kappa shape index (κ1) is 32.1. The quantitative estimate of drug-likeness (QED) is 0.172. The summed E-state index contributed by atoms with van der Waals surface area (Å²) in [6, 6.07) is 75.9. The smallest absolute Gasteiger partial charge is 0.160 e. The van der Waals surface area contributed by atoms with Crippen molar-refractivity contribution >= 4 is 21.8 Å². The van der Waals surface area contributed by atoms with Crippen LogP contribution in [0, 0.1) is 0 Å². The maximum Gasteiger partial charge on any atom is 0.160 e. The van der Waals surface area contributed by atoms with Crippen molar-refractivity contribution in [3.63, 3.8) is 0 Å². The topological polar surface area (TPSA) is 30.7 Å². The molecule has 0 spiro atoms. The third-order valence-corrected chi connectivity index (χ3v) is 11.5. The van der Waals surface area contributed by atoms with Gasteiger partial charge in [-0.05, 0) is 57.6 Å². The Balaban J connectivity index is 1.05. The zero-order valence-electron chi connectivity index (χ0n) is 30.5. The van der Waals surface area contributed by atoms with E-state index in [1.807, 2.05) is 0 Å². The Labute approximate surface area is 325 Å². The van der Waals surface area contributed by atoms with Crippen molar-refractivity contribution in [1.29, 1.82) is 0 Å². The van der Waals surface area contributed by atoms with Crippen molar-refractivity contribution in [2.24, 2.45) is 0 Å². The molecule has 0 fully saturated rings. The van der Waals surface area contributed by atoms with Crippen LogP contribution < -0.4 is 0 Å². The first-order valence-electron chi connectivity index (χ1n) is 19.2. The fourth-order valence-corrected chi connectivity index (χ4v) is 9.02. The minimum atomic E-state index is -0.631. The Kier molecular flexibility index (Phi) is 7.39. The molecule has 0 saturated heterocycles. The molecule has 0 amide bonds. The number of para-hydroxylation sites is 2. The van der Waals surface area contributed by atoms with Gasteiger partial charge in [0.05, 0.1) is 27.8 Å². The molecule has 0 radical (unpaired) electrons. The second-order valence-corrected chi connectivity index (χ2v) is 14.5. The van der Waals surface area contributed by atoms with E-state index in [9.17, 15) is 0 Å². The van der Waals surface area contributed by atoms with Crippen LogP contribution in [-0.4, -0.2) is 14.5 Å². The van der Waals surface area contributed by atoms with Gasteiger partial charge in [0.15, 0.2) is 5.82 Å². The molecular weight excluding hydrogens is 679 g/mol. The predicted octanol–water partition coefficient (Wildman–Crippen LogP) is 12.9. The molecule has 2 heterocycles. The molecule has 10 aromatic rings. The summed E-state index contributed by atoms with van der Waals surface area (Å²) in [7, 11) is 0. The molecule has 2 aromatic heterocycles. The van der Waals surface area contributed by atoms with Gasteiger partial charge in [-0.1, -0.05) is 188 Å². The van der Waals surface area contributed by atoms with Crippen LogP contribution in [-0.2, 0) is 5.41 Å². The average molecular weight is 714 g/mol. The van der Waals surface area contributed by atoms with E-state index in [1.54, 1.807) is 0 Å². The van der Waals surface area contributed by atoms with Gasteiger partial charge in [0.1, 0.15) is 0 Å². The molecule has 0 aliphatic heterocycles. The molecule has 56 heavy (non-hydrogen) atoms. The normalized spacial score (nSPS) is 12.8.